The number of halogens is 1. The lowest BCUT2D eigenvalue weighted by Crippen LogP contribution is -2.51. The molecule has 4 nitrogen and oxygen atoms in total. The summed E-state index contributed by atoms with van der Waals surface area (Å²) in [5.41, 5.74) is 0.912. The van der Waals surface area contributed by atoms with Gasteiger partial charge in [-0.25, -0.2) is 4.98 Å². The zero-order chi connectivity index (χ0) is 13.2. The second-order valence-corrected chi connectivity index (χ2v) is 5.55. The molecule has 1 saturated carbocycles. The number of nitrogens with zero attached hydrogens (tertiary/aromatic N) is 2. The number of ether oxygens (including phenoxy) is 1. The molecule has 5 heteroatoms. The molecule has 1 aliphatic heterocycles. The summed E-state index contributed by atoms with van der Waals surface area (Å²) < 4.78 is 5.72. The van der Waals surface area contributed by atoms with Gasteiger partial charge in [0.25, 0.3) is 0 Å². The highest BCUT2D eigenvalue weighted by atomic mass is 35.5. The highest BCUT2D eigenvalue weighted by Gasteiger charge is 2.38. The average molecular weight is 281 g/mol. The topological polar surface area (TPSA) is 42.4 Å². The number of carbonyl (C=O) groups excluding carboxylic acids is 1. The largest absolute Gasteiger partial charge is 0.374 e. The Morgan fingerprint density at radius 1 is 1.47 bits per heavy atom. The van der Waals surface area contributed by atoms with Gasteiger partial charge < -0.3 is 9.64 Å². The molecule has 1 amide bonds. The number of morpholine rings is 1. The number of fused-ring (bicyclic) bond motifs is 1. The number of aromatic nitrogens is 1. The van der Waals surface area contributed by atoms with E-state index in [-0.39, 0.29) is 18.1 Å². The zero-order valence-corrected chi connectivity index (χ0v) is 11.5. The normalized spacial score (nSPS) is 26.3. The van der Waals surface area contributed by atoms with Crippen LogP contribution in [0.5, 0.6) is 0 Å². The van der Waals surface area contributed by atoms with Crippen LogP contribution < -0.4 is 0 Å². The summed E-state index contributed by atoms with van der Waals surface area (Å²) >= 11 is 5.75. The fourth-order valence-corrected chi connectivity index (χ4v) is 3.13. The van der Waals surface area contributed by atoms with Crippen molar-refractivity contribution < 1.29 is 9.53 Å². The van der Waals surface area contributed by atoms with Crippen LogP contribution in [0.3, 0.4) is 0 Å². The van der Waals surface area contributed by atoms with E-state index in [1.165, 1.54) is 0 Å². The Morgan fingerprint density at radius 2 is 2.37 bits per heavy atom. The molecule has 102 valence electrons. The first kappa shape index (κ1) is 12.9. The third-order valence-electron chi connectivity index (χ3n) is 3.95. The number of carbonyl (C=O) groups is 1. The van der Waals surface area contributed by atoms with Crippen LogP contribution in [0.1, 0.15) is 24.8 Å². The highest BCUT2D eigenvalue weighted by Crippen LogP contribution is 2.30. The van der Waals surface area contributed by atoms with Gasteiger partial charge in [0.1, 0.15) is 5.15 Å². The molecule has 0 bridgehead atoms. The third kappa shape index (κ3) is 2.74. The minimum Gasteiger partial charge on any atom is -0.374 e. The van der Waals surface area contributed by atoms with Crippen molar-refractivity contribution in [2.45, 2.75) is 37.8 Å². The maximum atomic E-state index is 12.4. The Bertz CT molecular complexity index is 463. The van der Waals surface area contributed by atoms with E-state index in [0.717, 1.165) is 24.8 Å². The lowest BCUT2D eigenvalue weighted by Gasteiger charge is -2.37. The van der Waals surface area contributed by atoms with E-state index in [0.29, 0.717) is 24.7 Å². The van der Waals surface area contributed by atoms with Crippen LogP contribution in [-0.4, -0.2) is 41.1 Å². The minimum atomic E-state index is 0.171. The Kier molecular flexibility index (Phi) is 3.71. The van der Waals surface area contributed by atoms with Gasteiger partial charge in [0.15, 0.2) is 0 Å². The predicted octanol–water partition coefficient (Wildman–Crippen LogP) is 2.06. The summed E-state index contributed by atoms with van der Waals surface area (Å²) in [4.78, 5) is 18.4. The molecule has 2 heterocycles. The van der Waals surface area contributed by atoms with Gasteiger partial charge >= 0.3 is 0 Å². The molecule has 1 aromatic rings. The molecule has 1 saturated heterocycles. The minimum absolute atomic E-state index is 0.171. The second kappa shape index (κ2) is 5.47. The number of rotatable bonds is 2. The van der Waals surface area contributed by atoms with Gasteiger partial charge in [0.2, 0.25) is 5.91 Å². The summed E-state index contributed by atoms with van der Waals surface area (Å²) in [6.07, 6.45) is 5.62. The lowest BCUT2D eigenvalue weighted by molar-refractivity contribution is -0.143. The number of hydrogen-bond acceptors (Lipinski definition) is 3. The van der Waals surface area contributed by atoms with E-state index in [1.54, 1.807) is 12.3 Å². The molecule has 1 aliphatic carbocycles. The third-order valence-corrected chi connectivity index (χ3v) is 4.17. The van der Waals surface area contributed by atoms with Crippen LogP contribution >= 0.6 is 11.6 Å². The monoisotopic (exact) mass is 280 g/mol. The Hall–Kier alpha value is -1.13. The fourth-order valence-electron chi connectivity index (χ4n) is 3.02. The molecule has 0 radical (unpaired) electrons. The van der Waals surface area contributed by atoms with Gasteiger partial charge in [-0.1, -0.05) is 17.7 Å². The van der Waals surface area contributed by atoms with Crippen LogP contribution in [0.4, 0.5) is 0 Å². The van der Waals surface area contributed by atoms with Crippen molar-refractivity contribution in [2.24, 2.45) is 0 Å². The van der Waals surface area contributed by atoms with Crippen LogP contribution in [0.2, 0.25) is 5.15 Å². The molecule has 2 fully saturated rings. The van der Waals surface area contributed by atoms with Gasteiger partial charge in [-0.2, -0.15) is 0 Å². The number of pyridine rings is 1. The van der Waals surface area contributed by atoms with Gasteiger partial charge in [-0.05, 0) is 30.9 Å². The molecule has 0 aromatic carbocycles. The van der Waals surface area contributed by atoms with E-state index >= 15 is 0 Å². The lowest BCUT2D eigenvalue weighted by atomic mass is 10.1. The first-order chi connectivity index (χ1) is 9.24. The van der Waals surface area contributed by atoms with E-state index in [4.69, 9.17) is 16.3 Å². The van der Waals surface area contributed by atoms with Crippen molar-refractivity contribution in [2.75, 3.05) is 13.2 Å². The smallest absolute Gasteiger partial charge is 0.227 e. The molecule has 0 spiro atoms. The quantitative estimate of drug-likeness (QED) is 0.779. The van der Waals surface area contributed by atoms with E-state index in [2.05, 4.69) is 4.98 Å². The molecule has 2 atom stereocenters. The van der Waals surface area contributed by atoms with Crippen molar-refractivity contribution >= 4 is 17.5 Å². The Labute approximate surface area is 117 Å². The van der Waals surface area contributed by atoms with E-state index < -0.39 is 0 Å². The average Bonchev–Trinajstić information content (AvgIpc) is 2.89. The molecule has 2 aliphatic rings. The first-order valence-corrected chi connectivity index (χ1v) is 7.13. The molecule has 19 heavy (non-hydrogen) atoms. The van der Waals surface area contributed by atoms with Crippen molar-refractivity contribution in [1.82, 2.24) is 9.88 Å². The first-order valence-electron chi connectivity index (χ1n) is 6.75. The van der Waals surface area contributed by atoms with Crippen LogP contribution in [-0.2, 0) is 16.0 Å². The molecule has 3 rings (SSSR count). The van der Waals surface area contributed by atoms with Crippen LogP contribution in [0, 0.1) is 0 Å². The van der Waals surface area contributed by atoms with Crippen molar-refractivity contribution in [3.63, 3.8) is 0 Å². The maximum absolute atomic E-state index is 12.4. The van der Waals surface area contributed by atoms with E-state index in [1.807, 2.05) is 11.0 Å². The van der Waals surface area contributed by atoms with Crippen molar-refractivity contribution in [1.29, 1.82) is 0 Å². The molecular weight excluding hydrogens is 264 g/mol. The summed E-state index contributed by atoms with van der Waals surface area (Å²) in [6.45, 7) is 1.37. The van der Waals surface area contributed by atoms with E-state index in [9.17, 15) is 4.79 Å². The van der Waals surface area contributed by atoms with Crippen molar-refractivity contribution in [3.8, 4) is 0 Å². The summed E-state index contributed by atoms with van der Waals surface area (Å²) in [5, 5.41) is 0.457. The van der Waals surface area contributed by atoms with Crippen molar-refractivity contribution in [3.05, 3.63) is 29.0 Å². The van der Waals surface area contributed by atoms with Gasteiger partial charge in [0.05, 0.1) is 25.2 Å². The molecule has 0 N–H and O–H groups in total. The summed E-state index contributed by atoms with van der Waals surface area (Å²) in [5.74, 6) is 0.171. The van der Waals surface area contributed by atoms with Gasteiger partial charge in [0, 0.05) is 12.7 Å². The number of hydrogen-bond donors (Lipinski definition) is 0. The SMILES string of the molecule is O=C(Cc1ccc(Cl)nc1)N1CCO[C@H]2CCC[C@@H]21. The van der Waals surface area contributed by atoms with Crippen LogP contribution in [0.15, 0.2) is 18.3 Å². The number of amides is 1. The Morgan fingerprint density at radius 3 is 3.16 bits per heavy atom. The molecular formula is C14H17ClN2O2. The summed E-state index contributed by atoms with van der Waals surface area (Å²) in [6, 6.07) is 3.86. The standard InChI is InChI=1S/C14H17ClN2O2/c15-13-5-4-10(9-16-13)8-14(18)17-6-7-19-12-3-1-2-11(12)17/h4-5,9,11-12H,1-3,6-8H2/t11-,12-/m0/s1. The highest BCUT2D eigenvalue weighted by molar-refractivity contribution is 6.29. The van der Waals surface area contributed by atoms with Gasteiger partial charge in [-0.15, -0.1) is 0 Å². The second-order valence-electron chi connectivity index (χ2n) is 5.16. The Balaban J connectivity index is 1.67. The predicted molar refractivity (Wildman–Crippen MR) is 72.0 cm³/mol. The van der Waals surface area contributed by atoms with Crippen LogP contribution in [0.25, 0.3) is 0 Å². The summed E-state index contributed by atoms with van der Waals surface area (Å²) in [7, 11) is 0. The maximum Gasteiger partial charge on any atom is 0.227 e. The van der Waals surface area contributed by atoms with Gasteiger partial charge in [-0.3, -0.25) is 4.79 Å². The zero-order valence-electron chi connectivity index (χ0n) is 10.7. The molecule has 1 aromatic heterocycles. The fraction of sp³-hybridized carbons (Fsp3) is 0.571. The molecule has 0 unspecified atom stereocenters.